The van der Waals surface area contributed by atoms with Crippen molar-refractivity contribution in [2.45, 2.75) is 18.2 Å². The summed E-state index contributed by atoms with van der Waals surface area (Å²) in [5.41, 5.74) is 0. The maximum atomic E-state index is 12.6. The first-order valence-electron chi connectivity index (χ1n) is 6.42. The second-order valence-corrected chi connectivity index (χ2v) is 6.30. The summed E-state index contributed by atoms with van der Waals surface area (Å²) in [4.78, 5) is 11.5. The Bertz CT molecular complexity index is 587. The average molecular weight is 302 g/mol. The predicted octanol–water partition coefficient (Wildman–Crippen LogP) is 0.222. The van der Waals surface area contributed by atoms with Gasteiger partial charge in [0.25, 0.3) is 0 Å². The average Bonchev–Trinajstić information content (AvgIpc) is 2.92. The number of hydrogen-bond donors (Lipinski definition) is 1. The zero-order chi connectivity index (χ0) is 14.8. The first-order chi connectivity index (χ1) is 9.50. The third kappa shape index (κ3) is 2.72. The van der Waals surface area contributed by atoms with Gasteiger partial charge in [-0.3, -0.25) is 0 Å². The predicted molar refractivity (Wildman–Crippen MR) is 71.1 cm³/mol. The van der Waals surface area contributed by atoms with E-state index in [1.807, 2.05) is 0 Å². The van der Waals surface area contributed by atoms with E-state index in [0.29, 0.717) is 32.6 Å². The fraction of sp³-hybridized carbons (Fsp3) is 0.583. The molecule has 1 N–H and O–H groups in total. The van der Waals surface area contributed by atoms with Gasteiger partial charge in [-0.15, -0.1) is 0 Å². The van der Waals surface area contributed by atoms with E-state index >= 15 is 0 Å². The Morgan fingerprint density at radius 3 is 2.65 bits per heavy atom. The summed E-state index contributed by atoms with van der Waals surface area (Å²) in [5.74, 6) is -0.483. The zero-order valence-corrected chi connectivity index (χ0v) is 12.3. The molecule has 112 valence electrons. The van der Waals surface area contributed by atoms with Gasteiger partial charge in [-0.25, -0.2) is 13.2 Å². The molecule has 0 radical (unpaired) electrons. The van der Waals surface area contributed by atoms with Gasteiger partial charge >= 0.3 is 5.97 Å². The van der Waals surface area contributed by atoms with Crippen molar-refractivity contribution >= 4 is 16.0 Å². The van der Waals surface area contributed by atoms with E-state index in [0.717, 1.165) is 0 Å². The van der Waals surface area contributed by atoms with Gasteiger partial charge in [0.05, 0.1) is 7.11 Å². The minimum atomic E-state index is -3.63. The zero-order valence-electron chi connectivity index (χ0n) is 11.5. The van der Waals surface area contributed by atoms with E-state index in [1.54, 1.807) is 6.92 Å². The van der Waals surface area contributed by atoms with Crippen LogP contribution >= 0.6 is 0 Å². The number of nitrogens with zero attached hydrogens (tertiary/aromatic N) is 1. The van der Waals surface area contributed by atoms with E-state index in [4.69, 9.17) is 4.42 Å². The summed E-state index contributed by atoms with van der Waals surface area (Å²) >= 11 is 0. The number of methoxy groups -OCH3 is 1. The monoisotopic (exact) mass is 302 g/mol. The van der Waals surface area contributed by atoms with Crippen LogP contribution in [-0.2, 0) is 21.2 Å². The number of piperazine rings is 1. The number of sulfonamides is 1. The summed E-state index contributed by atoms with van der Waals surface area (Å²) in [6, 6.07) is 1.25. The van der Waals surface area contributed by atoms with Gasteiger partial charge < -0.3 is 14.5 Å². The highest BCUT2D eigenvalue weighted by atomic mass is 32.2. The lowest BCUT2D eigenvalue weighted by Crippen LogP contribution is -2.46. The van der Waals surface area contributed by atoms with E-state index in [-0.39, 0.29) is 16.4 Å². The largest absolute Gasteiger partial charge is 0.463 e. The second kappa shape index (κ2) is 5.94. The van der Waals surface area contributed by atoms with Crippen LogP contribution in [-0.4, -0.2) is 52.0 Å². The molecule has 0 saturated carbocycles. The lowest BCUT2D eigenvalue weighted by molar-refractivity contribution is 0.0563. The molecular formula is C12H18N2O5S. The molecule has 1 aromatic heterocycles. The van der Waals surface area contributed by atoms with Crippen LogP contribution in [0.1, 0.15) is 23.2 Å². The molecule has 1 saturated heterocycles. The Morgan fingerprint density at radius 2 is 2.10 bits per heavy atom. The van der Waals surface area contributed by atoms with Crippen molar-refractivity contribution in [1.82, 2.24) is 9.62 Å². The van der Waals surface area contributed by atoms with E-state index in [2.05, 4.69) is 10.1 Å². The third-order valence-electron chi connectivity index (χ3n) is 3.17. The van der Waals surface area contributed by atoms with Gasteiger partial charge in [0.2, 0.25) is 15.8 Å². The molecule has 8 heteroatoms. The van der Waals surface area contributed by atoms with Crippen molar-refractivity contribution in [1.29, 1.82) is 0 Å². The van der Waals surface area contributed by atoms with E-state index in [1.165, 1.54) is 17.5 Å². The van der Waals surface area contributed by atoms with Gasteiger partial charge in [0.15, 0.2) is 0 Å². The van der Waals surface area contributed by atoms with Crippen LogP contribution in [0.4, 0.5) is 0 Å². The summed E-state index contributed by atoms with van der Waals surface area (Å²) < 4.78 is 36.4. The molecule has 2 rings (SSSR count). The van der Waals surface area contributed by atoms with Crippen molar-refractivity contribution in [2.75, 3.05) is 33.3 Å². The molecular weight excluding hydrogens is 284 g/mol. The topological polar surface area (TPSA) is 88.8 Å². The van der Waals surface area contributed by atoms with Gasteiger partial charge in [-0.05, 0) is 0 Å². The molecule has 20 heavy (non-hydrogen) atoms. The van der Waals surface area contributed by atoms with E-state index in [9.17, 15) is 13.2 Å². The summed E-state index contributed by atoms with van der Waals surface area (Å²) in [5, 5.41) is 3.10. The summed E-state index contributed by atoms with van der Waals surface area (Å²) in [7, 11) is -2.41. The maximum absolute atomic E-state index is 12.6. The Morgan fingerprint density at radius 1 is 1.45 bits per heavy atom. The molecule has 0 bridgehead atoms. The molecule has 1 aliphatic heterocycles. The number of nitrogens with one attached hydrogen (secondary N) is 1. The SMILES string of the molecule is CCc1oc(C(=O)OC)cc1S(=O)(=O)N1CCNCC1. The molecule has 0 spiro atoms. The minimum absolute atomic E-state index is 0.0577. The molecule has 1 aromatic rings. The van der Waals surface area contributed by atoms with Crippen molar-refractivity contribution in [3.63, 3.8) is 0 Å². The highest BCUT2D eigenvalue weighted by Gasteiger charge is 2.31. The fourth-order valence-electron chi connectivity index (χ4n) is 2.10. The molecule has 0 aliphatic carbocycles. The first-order valence-corrected chi connectivity index (χ1v) is 7.86. The van der Waals surface area contributed by atoms with Crippen molar-refractivity contribution in [3.05, 3.63) is 17.6 Å². The quantitative estimate of drug-likeness (QED) is 0.801. The molecule has 1 aliphatic rings. The Balaban J connectivity index is 2.39. The smallest absolute Gasteiger partial charge is 0.373 e. The third-order valence-corrected chi connectivity index (χ3v) is 5.12. The fourth-order valence-corrected chi connectivity index (χ4v) is 3.77. The van der Waals surface area contributed by atoms with Crippen LogP contribution < -0.4 is 5.32 Å². The van der Waals surface area contributed by atoms with Gasteiger partial charge in [0.1, 0.15) is 10.7 Å². The Hall–Kier alpha value is -1.38. The number of aryl methyl sites for hydroxylation is 1. The lowest BCUT2D eigenvalue weighted by Gasteiger charge is -2.26. The minimum Gasteiger partial charge on any atom is -0.463 e. The summed E-state index contributed by atoms with van der Waals surface area (Å²) in [6.07, 6.45) is 0.387. The van der Waals surface area contributed by atoms with Gasteiger partial charge in [-0.1, -0.05) is 6.92 Å². The molecule has 0 unspecified atom stereocenters. The van der Waals surface area contributed by atoms with Crippen LogP contribution in [0.25, 0.3) is 0 Å². The van der Waals surface area contributed by atoms with Crippen LogP contribution in [0.15, 0.2) is 15.4 Å². The molecule has 0 amide bonds. The van der Waals surface area contributed by atoms with Crippen LogP contribution in [0.5, 0.6) is 0 Å². The summed E-state index contributed by atoms with van der Waals surface area (Å²) in [6.45, 7) is 3.82. The highest BCUT2D eigenvalue weighted by molar-refractivity contribution is 7.89. The number of hydrogen-bond acceptors (Lipinski definition) is 6. The molecule has 2 heterocycles. The second-order valence-electron chi connectivity index (χ2n) is 4.40. The Labute approximate surface area is 117 Å². The van der Waals surface area contributed by atoms with Crippen LogP contribution in [0, 0.1) is 0 Å². The molecule has 7 nitrogen and oxygen atoms in total. The standard InChI is InChI=1S/C12H18N2O5S/c1-3-9-11(8-10(19-9)12(15)18-2)20(16,17)14-6-4-13-5-7-14/h8,13H,3-7H2,1-2H3. The molecule has 0 aromatic carbocycles. The number of furan rings is 1. The molecule has 1 fully saturated rings. The lowest BCUT2D eigenvalue weighted by atomic mass is 10.3. The maximum Gasteiger partial charge on any atom is 0.373 e. The van der Waals surface area contributed by atoms with Crippen LogP contribution in [0.2, 0.25) is 0 Å². The van der Waals surface area contributed by atoms with Gasteiger partial charge in [0, 0.05) is 38.7 Å². The number of carbonyl (C=O) groups excluding carboxylic acids is 1. The number of ether oxygens (including phenoxy) is 1. The van der Waals surface area contributed by atoms with Crippen molar-refractivity contribution in [3.8, 4) is 0 Å². The molecule has 0 atom stereocenters. The normalized spacial score (nSPS) is 17.1. The van der Waals surface area contributed by atoms with E-state index < -0.39 is 16.0 Å². The van der Waals surface area contributed by atoms with Crippen LogP contribution in [0.3, 0.4) is 0 Å². The number of rotatable bonds is 4. The number of esters is 1. The van der Waals surface area contributed by atoms with Crippen molar-refractivity contribution in [2.24, 2.45) is 0 Å². The number of carbonyl (C=O) groups is 1. The highest BCUT2D eigenvalue weighted by Crippen LogP contribution is 2.25. The van der Waals surface area contributed by atoms with Gasteiger partial charge in [-0.2, -0.15) is 4.31 Å². The van der Waals surface area contributed by atoms with Crippen molar-refractivity contribution < 1.29 is 22.4 Å². The Kier molecular flexibility index (Phi) is 4.46. The first kappa shape index (κ1) is 15.0.